The molecule has 1 N–H and O–H groups in total. The molecule has 7 heteroatoms. The van der Waals surface area contributed by atoms with Crippen molar-refractivity contribution in [3.05, 3.63) is 94.0 Å². The fourth-order valence-corrected chi connectivity index (χ4v) is 4.10. The summed E-state index contributed by atoms with van der Waals surface area (Å²) in [4.78, 5) is 12.1. The van der Waals surface area contributed by atoms with E-state index in [0.29, 0.717) is 0 Å². The number of amides is 1. The molecule has 0 atom stereocenters. The zero-order chi connectivity index (χ0) is 23.4. The Bertz CT molecular complexity index is 1200. The predicted octanol–water partition coefficient (Wildman–Crippen LogP) is 6.64. The Morgan fingerprint density at radius 3 is 2.27 bits per heavy atom. The average Bonchev–Trinajstić information content (AvgIpc) is 3.10. The van der Waals surface area contributed by atoms with Gasteiger partial charge < -0.3 is 10.1 Å². The van der Waals surface area contributed by atoms with Gasteiger partial charge in [-0.2, -0.15) is 13.2 Å². The number of ether oxygens (including phenoxy) is 1. The third-order valence-corrected chi connectivity index (χ3v) is 5.54. The minimum absolute atomic E-state index is 0.0337. The molecular weight excluding hydrogens is 451 g/mol. The molecule has 3 aromatic carbocycles. The number of rotatable bonds is 4. The third kappa shape index (κ3) is 5.32. The number of benzene rings is 3. The van der Waals surface area contributed by atoms with E-state index in [1.807, 2.05) is 36.4 Å². The van der Waals surface area contributed by atoms with Crippen molar-refractivity contribution in [2.45, 2.75) is 18.5 Å². The molecule has 0 saturated heterocycles. The Morgan fingerprint density at radius 1 is 1.00 bits per heavy atom. The molecule has 3 nitrogen and oxygen atoms in total. The van der Waals surface area contributed by atoms with Gasteiger partial charge in [-0.15, -0.1) is 0 Å². The van der Waals surface area contributed by atoms with Gasteiger partial charge >= 0.3 is 12.3 Å². The summed E-state index contributed by atoms with van der Waals surface area (Å²) < 4.78 is 44.0. The molecule has 33 heavy (non-hydrogen) atoms. The van der Waals surface area contributed by atoms with E-state index in [9.17, 15) is 18.0 Å². The average molecular weight is 470 g/mol. The first kappa shape index (κ1) is 22.8. The molecule has 1 aliphatic carbocycles. The Hall–Kier alpha value is -3.43. The second-order valence-electron chi connectivity index (χ2n) is 7.53. The third-order valence-electron chi connectivity index (χ3n) is 5.32. The molecule has 168 valence electrons. The summed E-state index contributed by atoms with van der Waals surface area (Å²) in [6, 6.07) is 19.3. The van der Waals surface area contributed by atoms with E-state index in [0.717, 1.165) is 34.4 Å². The minimum Gasteiger partial charge on any atom is -0.449 e. The quantitative estimate of drug-likeness (QED) is 0.343. The second kappa shape index (κ2) is 9.60. The number of carbonyl (C=O) groups is 1. The van der Waals surface area contributed by atoms with Crippen LogP contribution in [-0.2, 0) is 10.9 Å². The van der Waals surface area contributed by atoms with Gasteiger partial charge in [0, 0.05) is 29.5 Å². The first-order valence-corrected chi connectivity index (χ1v) is 10.7. The van der Waals surface area contributed by atoms with E-state index in [1.165, 1.54) is 6.07 Å². The summed E-state index contributed by atoms with van der Waals surface area (Å²) in [6.45, 7) is 0.407. The molecule has 0 bridgehead atoms. The molecule has 1 amide bonds. The van der Waals surface area contributed by atoms with Crippen LogP contribution in [0, 0.1) is 11.8 Å². The zero-order valence-corrected chi connectivity index (χ0v) is 18.1. The van der Waals surface area contributed by atoms with E-state index in [2.05, 4.69) is 29.3 Å². The highest BCUT2D eigenvalue weighted by atomic mass is 35.5. The van der Waals surface area contributed by atoms with Gasteiger partial charge in [0.25, 0.3) is 0 Å². The number of hydrogen-bond acceptors (Lipinski definition) is 2. The SMILES string of the molecule is O=C(NCCC#Cc1cc(Cl)cc(C(F)(F)F)c1)OCC1c2ccccc2-c2ccccc21. The van der Waals surface area contributed by atoms with Crippen molar-refractivity contribution in [1.29, 1.82) is 0 Å². The maximum atomic E-state index is 12.9. The van der Waals surface area contributed by atoms with Crippen LogP contribution in [0.25, 0.3) is 11.1 Å². The molecule has 0 radical (unpaired) electrons. The summed E-state index contributed by atoms with van der Waals surface area (Å²) in [5.74, 6) is 5.35. The molecule has 0 fully saturated rings. The number of halogens is 4. The van der Waals surface area contributed by atoms with E-state index in [1.54, 1.807) is 0 Å². The fourth-order valence-electron chi connectivity index (χ4n) is 3.87. The first-order valence-electron chi connectivity index (χ1n) is 10.3. The standard InChI is InChI=1S/C26H19ClF3NO2/c27-19-14-17(13-18(15-19)26(28,29)30)7-5-6-12-31-25(32)33-16-24-22-10-3-1-8-20(22)21-9-2-4-11-23(21)24/h1-4,8-11,13-15,24H,6,12,16H2,(H,31,32). The van der Waals surface area contributed by atoms with Crippen LogP contribution in [0.4, 0.5) is 18.0 Å². The van der Waals surface area contributed by atoms with Crippen molar-refractivity contribution in [2.24, 2.45) is 0 Å². The summed E-state index contributed by atoms with van der Waals surface area (Å²) in [6.07, 6.45) is -4.81. The van der Waals surface area contributed by atoms with Crippen molar-refractivity contribution in [3.63, 3.8) is 0 Å². The Morgan fingerprint density at radius 2 is 1.64 bits per heavy atom. The normalized spacial score (nSPS) is 12.4. The number of alkyl halides is 3. The van der Waals surface area contributed by atoms with E-state index >= 15 is 0 Å². The van der Waals surface area contributed by atoms with E-state index < -0.39 is 17.8 Å². The molecule has 0 spiro atoms. The van der Waals surface area contributed by atoms with Crippen LogP contribution in [0.3, 0.4) is 0 Å². The summed E-state index contributed by atoms with van der Waals surface area (Å²) in [5, 5.41) is 2.58. The van der Waals surface area contributed by atoms with Crippen LogP contribution in [0.2, 0.25) is 5.02 Å². The van der Waals surface area contributed by atoms with Crippen LogP contribution in [0.15, 0.2) is 66.7 Å². The lowest BCUT2D eigenvalue weighted by molar-refractivity contribution is -0.137. The van der Waals surface area contributed by atoms with Crippen LogP contribution in [-0.4, -0.2) is 19.2 Å². The number of fused-ring (bicyclic) bond motifs is 3. The van der Waals surface area contributed by atoms with Gasteiger partial charge in [0.15, 0.2) is 0 Å². The van der Waals surface area contributed by atoms with Crippen LogP contribution >= 0.6 is 11.6 Å². The Balaban J connectivity index is 1.29. The smallest absolute Gasteiger partial charge is 0.416 e. The van der Waals surface area contributed by atoms with Crippen molar-refractivity contribution in [3.8, 4) is 23.0 Å². The minimum atomic E-state index is -4.49. The Labute approximate surface area is 194 Å². The topological polar surface area (TPSA) is 38.3 Å². The summed E-state index contributed by atoms with van der Waals surface area (Å²) in [7, 11) is 0. The van der Waals surface area contributed by atoms with Gasteiger partial charge in [0.05, 0.1) is 5.56 Å². The van der Waals surface area contributed by atoms with Crippen molar-refractivity contribution in [1.82, 2.24) is 5.32 Å². The van der Waals surface area contributed by atoms with Crippen LogP contribution in [0.1, 0.15) is 34.6 Å². The monoisotopic (exact) mass is 469 g/mol. The molecule has 3 aromatic rings. The molecule has 0 aliphatic heterocycles. The first-order chi connectivity index (χ1) is 15.8. The molecule has 0 saturated carbocycles. The lowest BCUT2D eigenvalue weighted by atomic mass is 9.98. The molecule has 0 heterocycles. The molecule has 0 unspecified atom stereocenters. The summed E-state index contributed by atoms with van der Waals surface area (Å²) >= 11 is 5.75. The maximum Gasteiger partial charge on any atom is 0.416 e. The highest BCUT2D eigenvalue weighted by Crippen LogP contribution is 2.44. The number of carbonyl (C=O) groups excluding carboxylic acids is 1. The predicted molar refractivity (Wildman–Crippen MR) is 121 cm³/mol. The highest BCUT2D eigenvalue weighted by molar-refractivity contribution is 6.30. The zero-order valence-electron chi connectivity index (χ0n) is 17.4. The van der Waals surface area contributed by atoms with Gasteiger partial charge in [-0.05, 0) is 40.5 Å². The molecule has 4 rings (SSSR count). The van der Waals surface area contributed by atoms with Crippen molar-refractivity contribution >= 4 is 17.7 Å². The van der Waals surface area contributed by atoms with Gasteiger partial charge in [-0.25, -0.2) is 4.79 Å². The molecule has 0 aromatic heterocycles. The van der Waals surface area contributed by atoms with Gasteiger partial charge in [-0.1, -0.05) is 72.0 Å². The largest absolute Gasteiger partial charge is 0.449 e. The van der Waals surface area contributed by atoms with Crippen molar-refractivity contribution < 1.29 is 22.7 Å². The van der Waals surface area contributed by atoms with Gasteiger partial charge in [-0.3, -0.25) is 0 Å². The summed E-state index contributed by atoms with van der Waals surface area (Å²) in [5.41, 5.74) is 3.85. The maximum absolute atomic E-state index is 12.9. The Kier molecular flexibility index (Phi) is 6.62. The van der Waals surface area contributed by atoms with Crippen molar-refractivity contribution in [2.75, 3.05) is 13.2 Å². The lowest BCUT2D eigenvalue weighted by Crippen LogP contribution is -2.26. The second-order valence-corrected chi connectivity index (χ2v) is 7.97. The highest BCUT2D eigenvalue weighted by Gasteiger charge is 2.31. The van der Waals surface area contributed by atoms with E-state index in [4.69, 9.17) is 16.3 Å². The van der Waals surface area contributed by atoms with Crippen LogP contribution in [0.5, 0.6) is 0 Å². The lowest BCUT2D eigenvalue weighted by Gasteiger charge is -2.14. The fraction of sp³-hybridized carbons (Fsp3) is 0.192. The van der Waals surface area contributed by atoms with Gasteiger partial charge in [0.1, 0.15) is 6.61 Å². The molecule has 1 aliphatic rings. The number of alkyl carbamates (subject to hydrolysis) is 1. The number of hydrogen-bond donors (Lipinski definition) is 1. The van der Waals surface area contributed by atoms with Crippen LogP contribution < -0.4 is 5.32 Å². The van der Waals surface area contributed by atoms with Gasteiger partial charge in [0.2, 0.25) is 0 Å². The molecular formula is C26H19ClF3NO2. The number of nitrogens with one attached hydrogen (secondary N) is 1. The van der Waals surface area contributed by atoms with E-state index in [-0.39, 0.29) is 36.1 Å².